The number of rotatable bonds is 5. The molecule has 6 nitrogen and oxygen atoms in total. The third-order valence-electron chi connectivity index (χ3n) is 2.31. The van der Waals surface area contributed by atoms with E-state index < -0.39 is 4.92 Å². The Morgan fingerprint density at radius 1 is 1.50 bits per heavy atom. The lowest BCUT2D eigenvalue weighted by molar-refractivity contribution is -0.384. The van der Waals surface area contributed by atoms with Gasteiger partial charge in [-0.1, -0.05) is 0 Å². The largest absolute Gasteiger partial charge is 0.370 e. The lowest BCUT2D eigenvalue weighted by Gasteiger charge is -2.07. The summed E-state index contributed by atoms with van der Waals surface area (Å²) in [5.74, 6) is 1.12. The first-order valence-electron chi connectivity index (χ1n) is 5.36. The van der Waals surface area contributed by atoms with Crippen LogP contribution in [-0.4, -0.2) is 22.5 Å². The van der Waals surface area contributed by atoms with E-state index in [9.17, 15) is 10.1 Å². The molecule has 0 bridgehead atoms. The maximum absolute atomic E-state index is 10.7. The molecule has 1 aromatic heterocycles. The van der Waals surface area contributed by atoms with Gasteiger partial charge in [0.15, 0.2) is 0 Å². The molecule has 0 unspecified atom stereocenters. The zero-order valence-electron chi connectivity index (χ0n) is 9.06. The molecule has 86 valence electrons. The molecule has 6 heteroatoms. The van der Waals surface area contributed by atoms with E-state index in [4.69, 9.17) is 0 Å². The summed E-state index contributed by atoms with van der Waals surface area (Å²) in [5, 5.41) is 16.9. The van der Waals surface area contributed by atoms with Crippen LogP contribution in [0.2, 0.25) is 0 Å². The smallest absolute Gasteiger partial charge is 0.276 e. The van der Waals surface area contributed by atoms with Crippen molar-refractivity contribution in [2.75, 3.05) is 17.2 Å². The minimum Gasteiger partial charge on any atom is -0.370 e. The van der Waals surface area contributed by atoms with Gasteiger partial charge in [0.25, 0.3) is 5.69 Å². The molecule has 1 aromatic rings. The van der Waals surface area contributed by atoms with Crippen molar-refractivity contribution in [3.63, 3.8) is 0 Å². The highest BCUT2D eigenvalue weighted by Crippen LogP contribution is 2.27. The van der Waals surface area contributed by atoms with Gasteiger partial charge in [-0.25, -0.2) is 4.98 Å². The molecule has 1 heterocycles. The zero-order chi connectivity index (χ0) is 11.5. The van der Waals surface area contributed by atoms with E-state index in [1.807, 2.05) is 6.92 Å². The van der Waals surface area contributed by atoms with Crippen molar-refractivity contribution < 1.29 is 4.92 Å². The van der Waals surface area contributed by atoms with Crippen LogP contribution in [0.4, 0.5) is 17.3 Å². The summed E-state index contributed by atoms with van der Waals surface area (Å²) in [7, 11) is 0. The van der Waals surface area contributed by atoms with E-state index in [0.29, 0.717) is 24.2 Å². The molecule has 0 amide bonds. The quantitative estimate of drug-likeness (QED) is 0.588. The number of hydrogen-bond acceptors (Lipinski definition) is 5. The van der Waals surface area contributed by atoms with Crippen molar-refractivity contribution >= 4 is 17.3 Å². The van der Waals surface area contributed by atoms with Crippen molar-refractivity contribution in [3.05, 3.63) is 22.2 Å². The Kier molecular flexibility index (Phi) is 2.89. The third-order valence-corrected chi connectivity index (χ3v) is 2.31. The van der Waals surface area contributed by atoms with Crippen LogP contribution in [0.3, 0.4) is 0 Å². The first kappa shape index (κ1) is 10.7. The summed E-state index contributed by atoms with van der Waals surface area (Å²) in [4.78, 5) is 14.6. The second kappa shape index (κ2) is 4.34. The minimum absolute atomic E-state index is 0.0640. The van der Waals surface area contributed by atoms with Gasteiger partial charge in [-0.15, -0.1) is 0 Å². The second-order valence-corrected chi connectivity index (χ2v) is 3.80. The lowest BCUT2D eigenvalue weighted by atomic mass is 10.3. The van der Waals surface area contributed by atoms with Crippen LogP contribution >= 0.6 is 0 Å². The van der Waals surface area contributed by atoms with Crippen LogP contribution in [0.5, 0.6) is 0 Å². The maximum atomic E-state index is 10.7. The van der Waals surface area contributed by atoms with Crippen LogP contribution in [0, 0.1) is 10.1 Å². The molecular formula is C10H14N4O2. The maximum Gasteiger partial charge on any atom is 0.276 e. The van der Waals surface area contributed by atoms with Crippen LogP contribution in [0.15, 0.2) is 12.1 Å². The molecule has 0 radical (unpaired) electrons. The molecule has 2 rings (SSSR count). The average Bonchev–Trinajstić information content (AvgIpc) is 3.01. The summed E-state index contributed by atoms with van der Waals surface area (Å²) in [5.41, 5.74) is 0.0640. The van der Waals surface area contributed by atoms with Crippen LogP contribution in [-0.2, 0) is 0 Å². The molecule has 1 aliphatic rings. The van der Waals surface area contributed by atoms with Gasteiger partial charge in [-0.3, -0.25) is 10.1 Å². The average molecular weight is 222 g/mol. The van der Waals surface area contributed by atoms with Crippen molar-refractivity contribution in [2.24, 2.45) is 0 Å². The van der Waals surface area contributed by atoms with Crippen molar-refractivity contribution in [3.8, 4) is 0 Å². The number of anilines is 2. The molecule has 1 aliphatic carbocycles. The number of aromatic nitrogens is 1. The van der Waals surface area contributed by atoms with Gasteiger partial charge < -0.3 is 10.6 Å². The highest BCUT2D eigenvalue weighted by atomic mass is 16.6. The standard InChI is InChI=1S/C10H14N4O2/c1-2-11-9-5-8(14(15)16)6-10(13-9)12-7-3-4-7/h5-7H,2-4H2,1H3,(H2,11,12,13). The lowest BCUT2D eigenvalue weighted by Crippen LogP contribution is -2.07. The summed E-state index contributed by atoms with van der Waals surface area (Å²) in [6.45, 7) is 2.62. The van der Waals surface area contributed by atoms with Crippen molar-refractivity contribution in [1.29, 1.82) is 0 Å². The number of nitrogens with one attached hydrogen (secondary N) is 2. The van der Waals surface area contributed by atoms with E-state index in [-0.39, 0.29) is 5.69 Å². The first-order chi connectivity index (χ1) is 7.69. The van der Waals surface area contributed by atoms with Gasteiger partial charge in [-0.05, 0) is 19.8 Å². The zero-order valence-corrected chi connectivity index (χ0v) is 9.06. The molecule has 0 aliphatic heterocycles. The van der Waals surface area contributed by atoms with E-state index in [2.05, 4.69) is 15.6 Å². The van der Waals surface area contributed by atoms with Gasteiger partial charge in [-0.2, -0.15) is 0 Å². The Balaban J connectivity index is 2.23. The van der Waals surface area contributed by atoms with Crippen molar-refractivity contribution in [1.82, 2.24) is 4.98 Å². The van der Waals surface area contributed by atoms with E-state index in [1.165, 1.54) is 12.1 Å². The van der Waals surface area contributed by atoms with Gasteiger partial charge in [0, 0.05) is 12.6 Å². The van der Waals surface area contributed by atoms with E-state index in [1.54, 1.807) is 0 Å². The molecule has 2 N–H and O–H groups in total. The molecule has 0 aromatic carbocycles. The molecule has 1 fully saturated rings. The molecule has 0 saturated heterocycles. The normalized spacial score (nSPS) is 14.6. The van der Waals surface area contributed by atoms with Gasteiger partial charge in [0.2, 0.25) is 0 Å². The first-order valence-corrected chi connectivity index (χ1v) is 5.36. The predicted molar refractivity (Wildman–Crippen MR) is 61.7 cm³/mol. The third kappa shape index (κ3) is 2.59. The summed E-state index contributed by atoms with van der Waals surface area (Å²) < 4.78 is 0. The number of hydrogen-bond donors (Lipinski definition) is 2. The monoisotopic (exact) mass is 222 g/mol. The predicted octanol–water partition coefficient (Wildman–Crippen LogP) is 2.00. The molecular weight excluding hydrogens is 208 g/mol. The Morgan fingerprint density at radius 2 is 2.19 bits per heavy atom. The SMILES string of the molecule is CCNc1cc([N+](=O)[O-])cc(NC2CC2)n1. The Bertz CT molecular complexity index is 404. The number of pyridine rings is 1. The van der Waals surface area contributed by atoms with Gasteiger partial charge in [0.05, 0.1) is 17.1 Å². The molecule has 1 saturated carbocycles. The van der Waals surface area contributed by atoms with Crippen LogP contribution in [0.25, 0.3) is 0 Å². The summed E-state index contributed by atoms with van der Waals surface area (Å²) in [6, 6.07) is 3.35. The van der Waals surface area contributed by atoms with Crippen LogP contribution < -0.4 is 10.6 Å². The van der Waals surface area contributed by atoms with E-state index in [0.717, 1.165) is 12.8 Å². The Labute approximate surface area is 93.2 Å². The highest BCUT2D eigenvalue weighted by molar-refractivity contribution is 5.55. The fraction of sp³-hybridized carbons (Fsp3) is 0.500. The summed E-state index contributed by atoms with van der Waals surface area (Å²) in [6.07, 6.45) is 2.22. The van der Waals surface area contributed by atoms with Gasteiger partial charge in [0.1, 0.15) is 11.6 Å². The highest BCUT2D eigenvalue weighted by Gasteiger charge is 2.22. The Morgan fingerprint density at radius 3 is 2.75 bits per heavy atom. The molecule has 0 spiro atoms. The Hall–Kier alpha value is -1.85. The second-order valence-electron chi connectivity index (χ2n) is 3.80. The van der Waals surface area contributed by atoms with Crippen molar-refractivity contribution in [2.45, 2.75) is 25.8 Å². The van der Waals surface area contributed by atoms with Gasteiger partial charge >= 0.3 is 0 Å². The number of nitrogens with zero attached hydrogens (tertiary/aromatic N) is 2. The minimum atomic E-state index is -0.402. The topological polar surface area (TPSA) is 80.1 Å². The fourth-order valence-corrected chi connectivity index (χ4v) is 1.40. The summed E-state index contributed by atoms with van der Waals surface area (Å²) >= 11 is 0. The number of nitro groups is 1. The van der Waals surface area contributed by atoms with E-state index >= 15 is 0 Å². The molecule has 16 heavy (non-hydrogen) atoms. The van der Waals surface area contributed by atoms with Crippen LogP contribution in [0.1, 0.15) is 19.8 Å². The fourth-order valence-electron chi connectivity index (χ4n) is 1.40. The molecule has 0 atom stereocenters.